The molecule has 1 N–H and O–H groups in total. The van der Waals surface area contributed by atoms with E-state index in [0.29, 0.717) is 6.04 Å². The van der Waals surface area contributed by atoms with E-state index in [2.05, 4.69) is 88.5 Å². The summed E-state index contributed by atoms with van der Waals surface area (Å²) >= 11 is 0. The van der Waals surface area contributed by atoms with Gasteiger partial charge in [-0.05, 0) is 36.0 Å². The lowest BCUT2D eigenvalue weighted by Crippen LogP contribution is -2.18. The van der Waals surface area contributed by atoms with Crippen molar-refractivity contribution in [2.45, 2.75) is 52.6 Å². The van der Waals surface area contributed by atoms with Crippen molar-refractivity contribution < 1.29 is 0 Å². The fourth-order valence-corrected chi connectivity index (χ4v) is 2.48. The van der Waals surface area contributed by atoms with E-state index in [9.17, 15) is 0 Å². The van der Waals surface area contributed by atoms with Crippen molar-refractivity contribution in [3.63, 3.8) is 0 Å². The van der Waals surface area contributed by atoms with Gasteiger partial charge in [0.25, 0.3) is 0 Å². The van der Waals surface area contributed by atoms with Gasteiger partial charge in [-0.15, -0.1) is 0 Å². The quantitative estimate of drug-likeness (QED) is 0.818. The summed E-state index contributed by atoms with van der Waals surface area (Å²) in [6.45, 7) is 12.0. The summed E-state index contributed by atoms with van der Waals surface area (Å²) in [5, 5.41) is 3.60. The molecule has 0 amide bonds. The molecule has 0 spiro atoms. The van der Waals surface area contributed by atoms with Crippen molar-refractivity contribution in [1.82, 2.24) is 5.32 Å². The maximum Gasteiger partial charge on any atom is 0.0294 e. The first-order valence-corrected chi connectivity index (χ1v) is 7.75. The average Bonchev–Trinajstić information content (AvgIpc) is 2.44. The maximum atomic E-state index is 3.60. The summed E-state index contributed by atoms with van der Waals surface area (Å²) in [7, 11) is 0. The molecule has 1 atom stereocenters. The number of rotatable bonds is 4. The fraction of sp³-hybridized carbons (Fsp3) is 0.400. The largest absolute Gasteiger partial charge is 0.306 e. The lowest BCUT2D eigenvalue weighted by atomic mass is 9.86. The zero-order chi connectivity index (χ0) is 15.5. The molecule has 0 bridgehead atoms. The highest BCUT2D eigenvalue weighted by Gasteiger charge is 2.13. The molecule has 0 heterocycles. The number of hydrogen-bond acceptors (Lipinski definition) is 1. The Morgan fingerprint density at radius 1 is 1.00 bits per heavy atom. The highest BCUT2D eigenvalue weighted by Crippen LogP contribution is 2.24. The highest BCUT2D eigenvalue weighted by atomic mass is 14.9. The number of nitrogens with one attached hydrogen (secondary N) is 1. The molecule has 0 aromatic heterocycles. The molecule has 1 nitrogen and oxygen atoms in total. The first kappa shape index (κ1) is 15.8. The second-order valence-corrected chi connectivity index (χ2v) is 6.96. The Hall–Kier alpha value is -1.60. The van der Waals surface area contributed by atoms with Gasteiger partial charge in [0.2, 0.25) is 0 Å². The standard InChI is InChI=1S/C20H27N/c1-15-7-6-8-17(13-15)14-21-16(2)18-9-11-19(12-10-18)20(3,4)5/h6-13,16,21H,14H2,1-5H3. The van der Waals surface area contributed by atoms with Crippen LogP contribution in [-0.4, -0.2) is 0 Å². The molecule has 0 fully saturated rings. The molecule has 0 saturated heterocycles. The van der Waals surface area contributed by atoms with E-state index >= 15 is 0 Å². The van der Waals surface area contributed by atoms with Crippen LogP contribution in [0.15, 0.2) is 48.5 Å². The van der Waals surface area contributed by atoms with Crippen molar-refractivity contribution in [3.8, 4) is 0 Å². The van der Waals surface area contributed by atoms with Crippen LogP contribution >= 0.6 is 0 Å². The molecule has 0 aliphatic heterocycles. The predicted molar refractivity (Wildman–Crippen MR) is 91.6 cm³/mol. The first-order valence-electron chi connectivity index (χ1n) is 7.75. The van der Waals surface area contributed by atoms with E-state index in [1.54, 1.807) is 0 Å². The van der Waals surface area contributed by atoms with Gasteiger partial charge in [0, 0.05) is 12.6 Å². The molecule has 112 valence electrons. The van der Waals surface area contributed by atoms with Gasteiger partial charge in [-0.1, -0.05) is 74.9 Å². The SMILES string of the molecule is Cc1cccc(CNC(C)c2ccc(C(C)(C)C)cc2)c1. The molecular weight excluding hydrogens is 254 g/mol. The molecule has 0 aliphatic rings. The molecule has 1 unspecified atom stereocenters. The second-order valence-electron chi connectivity index (χ2n) is 6.96. The summed E-state index contributed by atoms with van der Waals surface area (Å²) in [6, 6.07) is 18.0. The van der Waals surface area contributed by atoms with Crippen LogP contribution in [0.5, 0.6) is 0 Å². The van der Waals surface area contributed by atoms with E-state index < -0.39 is 0 Å². The average molecular weight is 281 g/mol. The molecule has 2 rings (SSSR count). The fourth-order valence-electron chi connectivity index (χ4n) is 2.48. The molecule has 21 heavy (non-hydrogen) atoms. The minimum absolute atomic E-state index is 0.219. The Balaban J connectivity index is 1.99. The Morgan fingerprint density at radius 3 is 2.24 bits per heavy atom. The first-order chi connectivity index (χ1) is 9.86. The summed E-state index contributed by atoms with van der Waals surface area (Å²) < 4.78 is 0. The van der Waals surface area contributed by atoms with E-state index in [4.69, 9.17) is 0 Å². The Labute approximate surface area is 129 Å². The minimum atomic E-state index is 0.219. The smallest absolute Gasteiger partial charge is 0.0294 e. The third kappa shape index (κ3) is 4.44. The highest BCUT2D eigenvalue weighted by molar-refractivity contribution is 5.29. The Morgan fingerprint density at radius 2 is 1.67 bits per heavy atom. The molecule has 0 aliphatic carbocycles. The number of hydrogen-bond donors (Lipinski definition) is 1. The van der Waals surface area contributed by atoms with Gasteiger partial charge in [-0.3, -0.25) is 0 Å². The molecular formula is C20H27N. The van der Waals surface area contributed by atoms with Crippen molar-refractivity contribution in [3.05, 3.63) is 70.8 Å². The number of aryl methyl sites for hydroxylation is 1. The van der Waals surface area contributed by atoms with Crippen LogP contribution in [0.2, 0.25) is 0 Å². The van der Waals surface area contributed by atoms with Crippen LogP contribution in [-0.2, 0) is 12.0 Å². The van der Waals surface area contributed by atoms with Crippen molar-refractivity contribution in [2.24, 2.45) is 0 Å². The van der Waals surface area contributed by atoms with Crippen molar-refractivity contribution in [1.29, 1.82) is 0 Å². The van der Waals surface area contributed by atoms with Gasteiger partial charge in [0.15, 0.2) is 0 Å². The lowest BCUT2D eigenvalue weighted by Gasteiger charge is -2.21. The summed E-state index contributed by atoms with van der Waals surface area (Å²) in [6.07, 6.45) is 0. The van der Waals surface area contributed by atoms with Gasteiger partial charge in [-0.2, -0.15) is 0 Å². The second kappa shape index (κ2) is 6.44. The third-order valence-electron chi connectivity index (χ3n) is 3.97. The van der Waals surface area contributed by atoms with Gasteiger partial charge in [0.05, 0.1) is 0 Å². The molecule has 0 radical (unpaired) electrons. The summed E-state index contributed by atoms with van der Waals surface area (Å²) in [5.74, 6) is 0. The maximum absolute atomic E-state index is 3.60. The van der Waals surface area contributed by atoms with Crippen LogP contribution in [0, 0.1) is 6.92 Å². The zero-order valence-electron chi connectivity index (χ0n) is 13.9. The molecule has 2 aromatic carbocycles. The summed E-state index contributed by atoms with van der Waals surface area (Å²) in [5.41, 5.74) is 5.61. The Bertz CT molecular complexity index is 576. The monoisotopic (exact) mass is 281 g/mol. The lowest BCUT2D eigenvalue weighted by molar-refractivity contribution is 0.569. The van der Waals surface area contributed by atoms with Crippen molar-refractivity contribution in [2.75, 3.05) is 0 Å². The van der Waals surface area contributed by atoms with Gasteiger partial charge >= 0.3 is 0 Å². The van der Waals surface area contributed by atoms with Gasteiger partial charge in [-0.25, -0.2) is 0 Å². The minimum Gasteiger partial charge on any atom is -0.306 e. The third-order valence-corrected chi connectivity index (χ3v) is 3.97. The normalized spacial score (nSPS) is 13.2. The summed E-state index contributed by atoms with van der Waals surface area (Å²) in [4.78, 5) is 0. The van der Waals surface area contributed by atoms with Gasteiger partial charge < -0.3 is 5.32 Å². The van der Waals surface area contributed by atoms with Crippen LogP contribution in [0.25, 0.3) is 0 Å². The van der Waals surface area contributed by atoms with Crippen LogP contribution < -0.4 is 5.32 Å². The number of benzene rings is 2. The zero-order valence-corrected chi connectivity index (χ0v) is 13.9. The van der Waals surface area contributed by atoms with Crippen molar-refractivity contribution >= 4 is 0 Å². The van der Waals surface area contributed by atoms with E-state index in [-0.39, 0.29) is 5.41 Å². The molecule has 2 aromatic rings. The van der Waals surface area contributed by atoms with Gasteiger partial charge in [0.1, 0.15) is 0 Å². The molecule has 0 saturated carbocycles. The van der Waals surface area contributed by atoms with Crippen LogP contribution in [0.4, 0.5) is 0 Å². The van der Waals surface area contributed by atoms with E-state index in [1.807, 2.05) is 0 Å². The van der Waals surface area contributed by atoms with E-state index in [1.165, 1.54) is 22.3 Å². The Kier molecular flexibility index (Phi) is 4.84. The van der Waals surface area contributed by atoms with E-state index in [0.717, 1.165) is 6.54 Å². The van der Waals surface area contributed by atoms with Crippen LogP contribution in [0.3, 0.4) is 0 Å². The predicted octanol–water partition coefficient (Wildman–Crippen LogP) is 5.14. The topological polar surface area (TPSA) is 12.0 Å². The molecule has 1 heteroatoms. The van der Waals surface area contributed by atoms with Crippen LogP contribution in [0.1, 0.15) is 56.0 Å².